The van der Waals surface area contributed by atoms with Crippen molar-refractivity contribution in [2.24, 2.45) is 0 Å². The van der Waals surface area contributed by atoms with E-state index in [0.717, 1.165) is 18.4 Å². The van der Waals surface area contributed by atoms with Crippen molar-refractivity contribution in [2.75, 3.05) is 11.1 Å². The van der Waals surface area contributed by atoms with Crippen LogP contribution in [0.2, 0.25) is 0 Å². The highest BCUT2D eigenvalue weighted by Crippen LogP contribution is 2.40. The van der Waals surface area contributed by atoms with Gasteiger partial charge in [0.2, 0.25) is 5.91 Å². The first-order valence-corrected chi connectivity index (χ1v) is 9.38. The fourth-order valence-corrected chi connectivity index (χ4v) is 4.25. The van der Waals surface area contributed by atoms with E-state index in [0.29, 0.717) is 17.1 Å². The number of fused-ring (bicyclic) bond motifs is 1. The highest BCUT2D eigenvalue weighted by molar-refractivity contribution is 8.00. The van der Waals surface area contributed by atoms with Crippen LogP contribution in [-0.2, 0) is 4.79 Å². The number of benzene rings is 1. The van der Waals surface area contributed by atoms with E-state index in [1.54, 1.807) is 0 Å². The number of amides is 1. The van der Waals surface area contributed by atoms with Crippen LogP contribution in [0.4, 0.5) is 5.82 Å². The molecule has 2 atom stereocenters. The van der Waals surface area contributed by atoms with Gasteiger partial charge in [0.15, 0.2) is 0 Å². The van der Waals surface area contributed by atoms with Crippen molar-refractivity contribution < 1.29 is 4.79 Å². The monoisotopic (exact) mass is 345 g/mol. The fourth-order valence-electron chi connectivity index (χ4n) is 3.13. The lowest BCUT2D eigenvalue weighted by atomic mass is 10.0. The minimum absolute atomic E-state index is 0.0627. The molecule has 1 amide bonds. The molecule has 0 saturated heterocycles. The Kier molecular flexibility index (Phi) is 4.85. The average Bonchev–Trinajstić information content (AvgIpc) is 2.75. The molecule has 24 heavy (non-hydrogen) atoms. The van der Waals surface area contributed by atoms with Crippen molar-refractivity contribution in [3.63, 3.8) is 0 Å². The number of anilines is 1. The summed E-state index contributed by atoms with van der Waals surface area (Å²) in [6.45, 7) is 6.21. The SMILES string of the molecule is CCC[C@H](C)n1[nH]c(=O)c2c1NC(=O)CS[C@H]2c1ccc(C)cc1. The Labute approximate surface area is 145 Å². The quantitative estimate of drug-likeness (QED) is 0.889. The molecule has 0 spiro atoms. The maximum absolute atomic E-state index is 12.7. The third kappa shape index (κ3) is 3.15. The highest BCUT2D eigenvalue weighted by atomic mass is 32.2. The summed E-state index contributed by atoms with van der Waals surface area (Å²) in [6, 6.07) is 8.30. The van der Waals surface area contributed by atoms with Gasteiger partial charge >= 0.3 is 0 Å². The summed E-state index contributed by atoms with van der Waals surface area (Å²) in [6.07, 6.45) is 1.95. The van der Waals surface area contributed by atoms with E-state index < -0.39 is 0 Å². The van der Waals surface area contributed by atoms with E-state index in [1.807, 2.05) is 35.9 Å². The first kappa shape index (κ1) is 16.9. The van der Waals surface area contributed by atoms with Crippen LogP contribution < -0.4 is 10.9 Å². The molecule has 1 aromatic carbocycles. The number of nitrogens with zero attached hydrogens (tertiary/aromatic N) is 1. The smallest absolute Gasteiger partial charge is 0.270 e. The zero-order chi connectivity index (χ0) is 17.3. The molecule has 0 fully saturated rings. The number of carbonyl (C=O) groups excluding carboxylic acids is 1. The molecule has 2 N–H and O–H groups in total. The van der Waals surface area contributed by atoms with E-state index in [2.05, 4.69) is 24.3 Å². The van der Waals surface area contributed by atoms with Crippen LogP contribution in [0.1, 0.15) is 54.7 Å². The predicted octanol–water partition coefficient (Wildman–Crippen LogP) is 3.62. The van der Waals surface area contributed by atoms with Gasteiger partial charge in [0.25, 0.3) is 5.56 Å². The Hall–Kier alpha value is -1.95. The van der Waals surface area contributed by atoms with Gasteiger partial charge in [-0.25, -0.2) is 0 Å². The molecular formula is C18H23N3O2S. The van der Waals surface area contributed by atoms with Gasteiger partial charge in [-0.2, -0.15) is 0 Å². The molecule has 2 aromatic rings. The highest BCUT2D eigenvalue weighted by Gasteiger charge is 2.31. The summed E-state index contributed by atoms with van der Waals surface area (Å²) in [5, 5.41) is 5.73. The normalized spacial score (nSPS) is 18.6. The molecule has 0 bridgehead atoms. The van der Waals surface area contributed by atoms with Gasteiger partial charge in [-0.05, 0) is 25.8 Å². The van der Waals surface area contributed by atoms with Gasteiger partial charge < -0.3 is 5.32 Å². The Balaban J connectivity index is 2.11. The van der Waals surface area contributed by atoms with Crippen LogP contribution in [0.5, 0.6) is 0 Å². The van der Waals surface area contributed by atoms with Crippen LogP contribution in [0.25, 0.3) is 0 Å². The van der Waals surface area contributed by atoms with Gasteiger partial charge in [-0.3, -0.25) is 19.4 Å². The van der Waals surface area contributed by atoms with E-state index in [1.165, 1.54) is 17.3 Å². The maximum atomic E-state index is 12.7. The molecule has 1 aliphatic heterocycles. The predicted molar refractivity (Wildman–Crippen MR) is 98.8 cm³/mol. The summed E-state index contributed by atoms with van der Waals surface area (Å²) in [5.41, 5.74) is 2.76. The molecule has 2 heterocycles. The molecule has 1 aromatic heterocycles. The van der Waals surface area contributed by atoms with Crippen molar-refractivity contribution >= 4 is 23.5 Å². The van der Waals surface area contributed by atoms with Crippen molar-refractivity contribution in [3.8, 4) is 0 Å². The van der Waals surface area contributed by atoms with Gasteiger partial charge in [-0.15, -0.1) is 11.8 Å². The third-order valence-electron chi connectivity index (χ3n) is 4.39. The number of rotatable bonds is 4. The van der Waals surface area contributed by atoms with E-state index in [9.17, 15) is 9.59 Å². The number of aryl methyl sites for hydroxylation is 1. The molecule has 5 nitrogen and oxygen atoms in total. The van der Waals surface area contributed by atoms with Crippen molar-refractivity contribution in [1.29, 1.82) is 0 Å². The Morgan fingerprint density at radius 3 is 2.67 bits per heavy atom. The van der Waals surface area contributed by atoms with Crippen LogP contribution in [-0.4, -0.2) is 21.4 Å². The summed E-state index contributed by atoms with van der Waals surface area (Å²) < 4.78 is 1.83. The van der Waals surface area contributed by atoms with Crippen molar-refractivity contribution in [3.05, 3.63) is 51.3 Å². The first-order chi connectivity index (χ1) is 11.5. The lowest BCUT2D eigenvalue weighted by Crippen LogP contribution is -2.18. The van der Waals surface area contributed by atoms with Gasteiger partial charge in [-0.1, -0.05) is 43.2 Å². The summed E-state index contributed by atoms with van der Waals surface area (Å²) in [4.78, 5) is 24.8. The number of hydrogen-bond donors (Lipinski definition) is 2. The van der Waals surface area contributed by atoms with Crippen molar-refractivity contribution in [1.82, 2.24) is 9.78 Å². The Bertz CT molecular complexity index is 792. The average molecular weight is 345 g/mol. The minimum atomic E-state index is -0.140. The number of H-pyrrole nitrogens is 1. The van der Waals surface area contributed by atoms with Crippen LogP contribution >= 0.6 is 11.8 Å². The topological polar surface area (TPSA) is 66.9 Å². The minimum Gasteiger partial charge on any atom is -0.310 e. The molecule has 0 saturated carbocycles. The van der Waals surface area contributed by atoms with Crippen LogP contribution in [0.15, 0.2) is 29.1 Å². The van der Waals surface area contributed by atoms with Crippen molar-refractivity contribution in [2.45, 2.75) is 44.9 Å². The molecule has 6 heteroatoms. The molecule has 0 aliphatic carbocycles. The third-order valence-corrected chi connectivity index (χ3v) is 5.66. The number of aromatic nitrogens is 2. The fraction of sp³-hybridized carbons (Fsp3) is 0.444. The second-order valence-corrected chi connectivity index (χ2v) is 7.45. The Morgan fingerprint density at radius 2 is 2.00 bits per heavy atom. The number of thioether (sulfide) groups is 1. The zero-order valence-corrected chi connectivity index (χ0v) is 15.1. The standard InChI is InChI=1S/C18H23N3O2S/c1-4-5-12(3)21-17-15(18(23)20-21)16(24-10-14(22)19-17)13-8-6-11(2)7-9-13/h6-9,12,16H,4-5,10H2,1-3H3,(H,19,22)(H,20,23)/t12-,16-/m0/s1. The van der Waals surface area contributed by atoms with Crippen LogP contribution in [0.3, 0.4) is 0 Å². The Morgan fingerprint density at radius 1 is 1.29 bits per heavy atom. The van der Waals surface area contributed by atoms with Gasteiger partial charge in [0, 0.05) is 6.04 Å². The molecule has 3 rings (SSSR count). The lowest BCUT2D eigenvalue weighted by Gasteiger charge is -2.17. The van der Waals surface area contributed by atoms with Gasteiger partial charge in [0.05, 0.1) is 16.6 Å². The molecule has 128 valence electrons. The second kappa shape index (κ2) is 6.89. The van der Waals surface area contributed by atoms with Gasteiger partial charge in [0.1, 0.15) is 5.82 Å². The number of aromatic amines is 1. The summed E-state index contributed by atoms with van der Waals surface area (Å²) in [5.74, 6) is 0.906. The molecule has 0 unspecified atom stereocenters. The van der Waals surface area contributed by atoms with E-state index in [-0.39, 0.29) is 22.8 Å². The summed E-state index contributed by atoms with van der Waals surface area (Å²) in [7, 11) is 0. The lowest BCUT2D eigenvalue weighted by molar-refractivity contribution is -0.113. The molecule has 1 aliphatic rings. The van der Waals surface area contributed by atoms with E-state index >= 15 is 0 Å². The second-order valence-electron chi connectivity index (χ2n) is 6.36. The number of hydrogen-bond acceptors (Lipinski definition) is 3. The first-order valence-electron chi connectivity index (χ1n) is 8.33. The largest absolute Gasteiger partial charge is 0.310 e. The number of carbonyl (C=O) groups is 1. The molecule has 0 radical (unpaired) electrons. The summed E-state index contributed by atoms with van der Waals surface area (Å²) >= 11 is 1.50. The maximum Gasteiger partial charge on any atom is 0.270 e. The van der Waals surface area contributed by atoms with Crippen LogP contribution in [0, 0.1) is 6.92 Å². The zero-order valence-electron chi connectivity index (χ0n) is 14.3. The van der Waals surface area contributed by atoms with E-state index in [4.69, 9.17) is 0 Å². The number of nitrogens with one attached hydrogen (secondary N) is 2. The molecular weight excluding hydrogens is 322 g/mol.